The maximum absolute atomic E-state index is 13.6. The summed E-state index contributed by atoms with van der Waals surface area (Å²) >= 11 is 0. The fourth-order valence-corrected chi connectivity index (χ4v) is 6.40. The molecule has 1 aliphatic carbocycles. The molecule has 5 rings (SSSR count). The molecular formula is C36H35NO2. The molecule has 0 fully saturated rings. The summed E-state index contributed by atoms with van der Waals surface area (Å²) in [4.78, 5) is 27.1. The first-order valence-electron chi connectivity index (χ1n) is 13.9. The number of hydrogen-bond acceptors (Lipinski definition) is 3. The van der Waals surface area contributed by atoms with Crippen molar-refractivity contribution in [1.82, 2.24) is 0 Å². The van der Waals surface area contributed by atoms with Gasteiger partial charge in [-0.1, -0.05) is 99.5 Å². The molecule has 0 unspecified atom stereocenters. The third-order valence-corrected chi connectivity index (χ3v) is 8.27. The Morgan fingerprint density at radius 3 is 1.69 bits per heavy atom. The molecule has 3 nitrogen and oxygen atoms in total. The van der Waals surface area contributed by atoms with Crippen molar-refractivity contribution >= 4 is 17.3 Å². The summed E-state index contributed by atoms with van der Waals surface area (Å²) < 4.78 is 0. The van der Waals surface area contributed by atoms with Crippen LogP contribution in [0, 0.1) is 19.3 Å². The predicted octanol–water partition coefficient (Wildman–Crippen LogP) is 8.65. The Bertz CT molecular complexity index is 1600. The van der Waals surface area contributed by atoms with Crippen molar-refractivity contribution in [2.45, 2.75) is 58.8 Å². The van der Waals surface area contributed by atoms with Gasteiger partial charge in [0, 0.05) is 27.7 Å². The molecule has 4 aromatic carbocycles. The van der Waals surface area contributed by atoms with Crippen molar-refractivity contribution in [3.63, 3.8) is 0 Å². The Hall–Kier alpha value is -4.11. The molecule has 4 aromatic rings. The van der Waals surface area contributed by atoms with E-state index < -0.39 is 0 Å². The molecule has 0 heterocycles. The molecule has 0 radical (unpaired) electrons. The third kappa shape index (κ3) is 4.46. The summed E-state index contributed by atoms with van der Waals surface area (Å²) in [6, 6.07) is 27.4. The van der Waals surface area contributed by atoms with E-state index in [9.17, 15) is 9.59 Å². The van der Waals surface area contributed by atoms with Crippen molar-refractivity contribution in [2.24, 2.45) is 0 Å². The van der Waals surface area contributed by atoms with E-state index in [0.717, 1.165) is 59.1 Å². The molecule has 1 aliphatic rings. The lowest BCUT2D eigenvalue weighted by molar-refractivity contribution is 0.103. The number of ketones is 2. The van der Waals surface area contributed by atoms with Crippen LogP contribution in [0.15, 0.2) is 84.9 Å². The van der Waals surface area contributed by atoms with Gasteiger partial charge in [-0.15, -0.1) is 0 Å². The van der Waals surface area contributed by atoms with E-state index >= 15 is 0 Å². The number of carbonyl (C=O) groups is 2. The minimum Gasteiger partial charge on any atom is -0.296 e. The molecule has 0 spiro atoms. The van der Waals surface area contributed by atoms with Crippen molar-refractivity contribution in [1.29, 1.82) is 5.41 Å². The molecule has 0 saturated carbocycles. The van der Waals surface area contributed by atoms with Crippen LogP contribution in [0.5, 0.6) is 0 Å². The molecule has 196 valence electrons. The number of hydrogen-bond donors (Lipinski definition) is 1. The standard InChI is InChI=1S/C36H35NO2/c1-5-19-36(20-6-2)31-21-25(34(38)28-14-10-8-12-24(28)4)15-17-29(31)30-18-16-26(22-32(30)36)35(39)33(37)27-13-9-7-11-23(27)3/h7-18,21-22,37H,5-6,19-20H2,1-4H3. The molecule has 0 bridgehead atoms. The zero-order chi connectivity index (χ0) is 27.7. The second-order valence-electron chi connectivity index (χ2n) is 10.8. The van der Waals surface area contributed by atoms with Gasteiger partial charge >= 0.3 is 0 Å². The first-order chi connectivity index (χ1) is 18.8. The highest BCUT2D eigenvalue weighted by molar-refractivity contribution is 6.50. The van der Waals surface area contributed by atoms with Gasteiger partial charge in [0.2, 0.25) is 5.78 Å². The van der Waals surface area contributed by atoms with E-state index in [-0.39, 0.29) is 22.7 Å². The molecule has 3 heteroatoms. The van der Waals surface area contributed by atoms with Gasteiger partial charge in [0.15, 0.2) is 5.78 Å². The van der Waals surface area contributed by atoms with Gasteiger partial charge in [0.05, 0.1) is 0 Å². The normalized spacial score (nSPS) is 13.0. The van der Waals surface area contributed by atoms with E-state index in [2.05, 4.69) is 26.0 Å². The summed E-state index contributed by atoms with van der Waals surface area (Å²) in [5.41, 5.74) is 8.86. The molecular weight excluding hydrogens is 478 g/mol. The van der Waals surface area contributed by atoms with Gasteiger partial charge in [-0.25, -0.2) is 0 Å². The Morgan fingerprint density at radius 2 is 1.15 bits per heavy atom. The van der Waals surface area contributed by atoms with Crippen LogP contribution in [-0.2, 0) is 5.41 Å². The highest BCUT2D eigenvalue weighted by Gasteiger charge is 2.42. The van der Waals surface area contributed by atoms with E-state index in [0.29, 0.717) is 16.7 Å². The fourth-order valence-electron chi connectivity index (χ4n) is 6.40. The lowest BCUT2D eigenvalue weighted by Crippen LogP contribution is -2.26. The smallest absolute Gasteiger partial charge is 0.211 e. The Labute approximate surface area is 231 Å². The topological polar surface area (TPSA) is 58.0 Å². The SMILES string of the molecule is CCCC1(CCC)c2cc(C(=O)C(=N)c3ccccc3C)ccc2-c2ccc(C(=O)c3ccccc3C)cc21. The average molecular weight is 514 g/mol. The molecule has 0 amide bonds. The van der Waals surface area contributed by atoms with E-state index in [1.807, 2.05) is 86.6 Å². The van der Waals surface area contributed by atoms with Crippen LogP contribution in [-0.4, -0.2) is 17.3 Å². The van der Waals surface area contributed by atoms with Crippen LogP contribution in [0.4, 0.5) is 0 Å². The summed E-state index contributed by atoms with van der Waals surface area (Å²) in [6.07, 6.45) is 3.81. The lowest BCUT2D eigenvalue weighted by Gasteiger charge is -2.32. The van der Waals surface area contributed by atoms with Crippen molar-refractivity contribution in [2.75, 3.05) is 0 Å². The van der Waals surface area contributed by atoms with Crippen molar-refractivity contribution in [3.05, 3.63) is 129 Å². The van der Waals surface area contributed by atoms with Crippen LogP contribution in [0.25, 0.3) is 11.1 Å². The molecule has 0 atom stereocenters. The third-order valence-electron chi connectivity index (χ3n) is 8.27. The van der Waals surface area contributed by atoms with Crippen LogP contribution >= 0.6 is 0 Å². The number of nitrogens with one attached hydrogen (secondary N) is 1. The van der Waals surface area contributed by atoms with Crippen LogP contribution < -0.4 is 0 Å². The highest BCUT2D eigenvalue weighted by Crippen LogP contribution is 2.54. The first kappa shape index (κ1) is 26.5. The molecule has 1 N–H and O–H groups in total. The van der Waals surface area contributed by atoms with E-state index in [4.69, 9.17) is 5.41 Å². The van der Waals surface area contributed by atoms with E-state index in [1.54, 1.807) is 0 Å². The quantitative estimate of drug-likeness (QED) is 0.180. The number of rotatable bonds is 9. The summed E-state index contributed by atoms with van der Waals surface area (Å²) in [6.45, 7) is 8.29. The van der Waals surface area contributed by atoms with E-state index in [1.165, 1.54) is 5.56 Å². The van der Waals surface area contributed by atoms with Gasteiger partial charge < -0.3 is 0 Å². The number of fused-ring (bicyclic) bond motifs is 3. The average Bonchev–Trinajstić information content (AvgIpc) is 3.21. The maximum atomic E-state index is 13.6. The number of carbonyl (C=O) groups excluding carboxylic acids is 2. The number of benzene rings is 4. The fraction of sp³-hybridized carbons (Fsp3) is 0.250. The zero-order valence-corrected chi connectivity index (χ0v) is 23.2. The second kappa shape index (κ2) is 10.6. The van der Waals surface area contributed by atoms with Crippen LogP contribution in [0.1, 0.15) is 93.6 Å². The molecule has 0 saturated heterocycles. The predicted molar refractivity (Wildman–Crippen MR) is 159 cm³/mol. The largest absolute Gasteiger partial charge is 0.296 e. The van der Waals surface area contributed by atoms with Gasteiger partial charge in [-0.3, -0.25) is 15.0 Å². The molecule has 0 aromatic heterocycles. The van der Waals surface area contributed by atoms with Crippen LogP contribution in [0.3, 0.4) is 0 Å². The summed E-state index contributed by atoms with van der Waals surface area (Å²) in [5.74, 6) is -0.225. The monoisotopic (exact) mass is 513 g/mol. The first-order valence-corrected chi connectivity index (χ1v) is 13.9. The van der Waals surface area contributed by atoms with Crippen LogP contribution in [0.2, 0.25) is 0 Å². The number of Topliss-reactive ketones (excluding diaryl/α,β-unsaturated/α-hetero) is 1. The zero-order valence-electron chi connectivity index (χ0n) is 23.2. The summed E-state index contributed by atoms with van der Waals surface area (Å²) in [5, 5.41) is 8.69. The minimum atomic E-state index is -0.280. The Kier molecular flexibility index (Phi) is 7.18. The maximum Gasteiger partial charge on any atom is 0.211 e. The second-order valence-corrected chi connectivity index (χ2v) is 10.8. The van der Waals surface area contributed by atoms with Gasteiger partial charge in [-0.2, -0.15) is 0 Å². The van der Waals surface area contributed by atoms with Crippen molar-refractivity contribution < 1.29 is 9.59 Å². The Morgan fingerprint density at radius 1 is 0.667 bits per heavy atom. The highest BCUT2D eigenvalue weighted by atomic mass is 16.1. The minimum absolute atomic E-state index is 0.0197. The Balaban J connectivity index is 1.62. The van der Waals surface area contributed by atoms with Crippen molar-refractivity contribution in [3.8, 4) is 11.1 Å². The number of aryl methyl sites for hydroxylation is 2. The summed E-state index contributed by atoms with van der Waals surface area (Å²) in [7, 11) is 0. The van der Waals surface area contributed by atoms with Gasteiger partial charge in [0.25, 0.3) is 0 Å². The lowest BCUT2D eigenvalue weighted by atomic mass is 9.71. The molecule has 0 aliphatic heterocycles. The van der Waals surface area contributed by atoms with Gasteiger partial charge in [-0.05, 0) is 72.2 Å². The molecule has 39 heavy (non-hydrogen) atoms. The van der Waals surface area contributed by atoms with Gasteiger partial charge in [0.1, 0.15) is 5.71 Å².